The summed E-state index contributed by atoms with van der Waals surface area (Å²) in [5.41, 5.74) is 0.615. The monoisotopic (exact) mass is 245 g/mol. The van der Waals surface area contributed by atoms with Gasteiger partial charge in [-0.1, -0.05) is 0 Å². The van der Waals surface area contributed by atoms with Gasteiger partial charge in [0.1, 0.15) is 5.75 Å². The fourth-order valence-corrected chi connectivity index (χ4v) is 1.47. The van der Waals surface area contributed by atoms with Crippen molar-refractivity contribution in [3.63, 3.8) is 0 Å². The summed E-state index contributed by atoms with van der Waals surface area (Å²) in [7, 11) is -3.61. The van der Waals surface area contributed by atoms with Crippen LogP contribution in [0, 0.1) is 6.92 Å². The van der Waals surface area contributed by atoms with Crippen molar-refractivity contribution in [3.8, 4) is 5.75 Å². The lowest BCUT2D eigenvalue weighted by molar-refractivity contribution is 0.111. The normalized spacial score (nSPS) is 14.4. The highest BCUT2D eigenvalue weighted by Gasteiger charge is 2.15. The number of nitrogens with zero attached hydrogens (tertiary/aromatic N) is 1. The lowest BCUT2D eigenvalue weighted by Crippen LogP contribution is -1.99. The van der Waals surface area contributed by atoms with Gasteiger partial charge in [0.2, 0.25) is 0 Å². The van der Waals surface area contributed by atoms with Crippen LogP contribution in [0.4, 0.5) is 0 Å². The second-order valence-electron chi connectivity index (χ2n) is 3.33. The van der Waals surface area contributed by atoms with Crippen molar-refractivity contribution in [1.82, 2.24) is 4.98 Å². The Morgan fingerprint density at radius 1 is 1.62 bits per heavy atom. The van der Waals surface area contributed by atoms with Gasteiger partial charge in [-0.3, -0.25) is 14.3 Å². The molecule has 7 heteroatoms. The molecule has 88 valence electrons. The predicted molar refractivity (Wildman–Crippen MR) is 56.6 cm³/mol. The number of rotatable bonds is 4. The second-order valence-corrected chi connectivity index (χ2v) is 5.19. The molecule has 1 aromatic rings. The van der Waals surface area contributed by atoms with Crippen LogP contribution in [0.15, 0.2) is 6.20 Å². The number of carbonyl (C=O) groups excluding carboxylic acids is 1. The predicted octanol–water partition coefficient (Wildman–Crippen LogP) is 1.24. The Bertz CT molecular complexity index is 453. The molecule has 0 aliphatic rings. The highest BCUT2D eigenvalue weighted by Crippen LogP contribution is 2.38. The lowest BCUT2D eigenvalue weighted by Gasteiger charge is -2.10. The molecule has 1 unspecified atom stereocenters. The fraction of sp³-hybridized carbons (Fsp3) is 0.333. The summed E-state index contributed by atoms with van der Waals surface area (Å²) in [6.07, 6.45) is 1.79. The van der Waals surface area contributed by atoms with Gasteiger partial charge in [-0.2, -0.15) is 0 Å². The SMILES string of the molecule is Cc1ncc(COP(C)(=O)O)c(C=O)c1O. The van der Waals surface area contributed by atoms with Crippen LogP contribution in [-0.2, 0) is 15.7 Å². The van der Waals surface area contributed by atoms with E-state index >= 15 is 0 Å². The van der Waals surface area contributed by atoms with Gasteiger partial charge in [0.05, 0.1) is 17.9 Å². The van der Waals surface area contributed by atoms with Crippen LogP contribution in [0.2, 0.25) is 0 Å². The van der Waals surface area contributed by atoms with Crippen molar-refractivity contribution in [3.05, 3.63) is 23.0 Å². The van der Waals surface area contributed by atoms with Crippen LogP contribution in [0.25, 0.3) is 0 Å². The Balaban J connectivity index is 3.01. The van der Waals surface area contributed by atoms with E-state index in [1.807, 2.05) is 0 Å². The first-order valence-electron chi connectivity index (χ1n) is 4.42. The van der Waals surface area contributed by atoms with Crippen LogP contribution < -0.4 is 0 Å². The van der Waals surface area contributed by atoms with E-state index in [2.05, 4.69) is 9.51 Å². The summed E-state index contributed by atoms with van der Waals surface area (Å²) in [4.78, 5) is 23.5. The van der Waals surface area contributed by atoms with E-state index in [4.69, 9.17) is 4.89 Å². The number of pyridine rings is 1. The minimum absolute atomic E-state index is 0.0287. The second kappa shape index (κ2) is 4.74. The van der Waals surface area contributed by atoms with E-state index in [9.17, 15) is 14.5 Å². The minimum Gasteiger partial charge on any atom is -0.505 e. The maximum atomic E-state index is 10.9. The summed E-state index contributed by atoms with van der Waals surface area (Å²) in [6, 6.07) is 0. The summed E-state index contributed by atoms with van der Waals surface area (Å²) >= 11 is 0. The zero-order valence-corrected chi connectivity index (χ0v) is 9.77. The molecule has 0 fully saturated rings. The maximum Gasteiger partial charge on any atom is 0.325 e. The van der Waals surface area contributed by atoms with Crippen LogP contribution in [-0.4, -0.2) is 27.9 Å². The summed E-state index contributed by atoms with van der Waals surface area (Å²) in [5.74, 6) is -0.236. The third kappa shape index (κ3) is 3.13. The molecule has 1 aromatic heterocycles. The zero-order chi connectivity index (χ0) is 12.3. The fourth-order valence-electron chi connectivity index (χ4n) is 1.09. The first-order valence-corrected chi connectivity index (χ1v) is 6.45. The smallest absolute Gasteiger partial charge is 0.325 e. The van der Waals surface area contributed by atoms with Gasteiger partial charge in [0.25, 0.3) is 0 Å². The first-order chi connectivity index (χ1) is 7.35. The number of aldehydes is 1. The Hall–Kier alpha value is -1.23. The van der Waals surface area contributed by atoms with E-state index in [-0.39, 0.29) is 23.5 Å². The number of carbonyl (C=O) groups is 1. The summed E-state index contributed by atoms with van der Waals surface area (Å²) in [5, 5.41) is 9.53. The first kappa shape index (κ1) is 12.8. The van der Waals surface area contributed by atoms with Gasteiger partial charge in [0, 0.05) is 18.4 Å². The molecular weight excluding hydrogens is 233 g/mol. The van der Waals surface area contributed by atoms with Gasteiger partial charge >= 0.3 is 7.60 Å². The molecule has 0 bridgehead atoms. The highest BCUT2D eigenvalue weighted by atomic mass is 31.2. The molecule has 1 heterocycles. The van der Waals surface area contributed by atoms with Gasteiger partial charge in [-0.05, 0) is 6.92 Å². The van der Waals surface area contributed by atoms with Crippen molar-refractivity contribution >= 4 is 13.9 Å². The van der Waals surface area contributed by atoms with Crippen LogP contribution in [0.1, 0.15) is 21.6 Å². The number of aryl methyl sites for hydroxylation is 1. The van der Waals surface area contributed by atoms with Gasteiger partial charge in [0.15, 0.2) is 6.29 Å². The third-order valence-electron chi connectivity index (χ3n) is 1.94. The highest BCUT2D eigenvalue weighted by molar-refractivity contribution is 7.51. The Labute approximate surface area is 92.4 Å². The molecule has 2 N–H and O–H groups in total. The van der Waals surface area contributed by atoms with Crippen molar-refractivity contribution in [2.24, 2.45) is 0 Å². The van der Waals surface area contributed by atoms with E-state index in [1.165, 1.54) is 6.20 Å². The van der Waals surface area contributed by atoms with Crippen LogP contribution >= 0.6 is 7.60 Å². The number of aromatic nitrogens is 1. The molecule has 0 aliphatic heterocycles. The largest absolute Gasteiger partial charge is 0.505 e. The summed E-state index contributed by atoms with van der Waals surface area (Å²) in [6.45, 7) is 2.33. The minimum atomic E-state index is -3.61. The van der Waals surface area contributed by atoms with E-state index in [1.54, 1.807) is 6.92 Å². The molecule has 0 radical (unpaired) electrons. The number of hydrogen-bond acceptors (Lipinski definition) is 5. The third-order valence-corrected chi connectivity index (χ3v) is 2.54. The Morgan fingerprint density at radius 2 is 2.25 bits per heavy atom. The molecule has 6 nitrogen and oxygen atoms in total. The number of hydrogen-bond donors (Lipinski definition) is 2. The van der Waals surface area contributed by atoms with Crippen LogP contribution in [0.3, 0.4) is 0 Å². The molecule has 1 atom stereocenters. The van der Waals surface area contributed by atoms with Crippen molar-refractivity contribution < 1.29 is 23.9 Å². The molecule has 0 aliphatic carbocycles. The Kier molecular flexibility index (Phi) is 3.80. The molecule has 16 heavy (non-hydrogen) atoms. The molecular formula is C9H12NO5P. The van der Waals surface area contributed by atoms with Gasteiger partial charge < -0.3 is 14.5 Å². The van der Waals surface area contributed by atoms with E-state index in [0.717, 1.165) is 6.66 Å². The lowest BCUT2D eigenvalue weighted by atomic mass is 10.1. The molecule has 0 saturated carbocycles. The maximum absolute atomic E-state index is 10.9. The zero-order valence-electron chi connectivity index (χ0n) is 8.88. The van der Waals surface area contributed by atoms with Crippen molar-refractivity contribution in [2.75, 3.05) is 6.66 Å². The molecule has 0 amide bonds. The van der Waals surface area contributed by atoms with Crippen molar-refractivity contribution in [2.45, 2.75) is 13.5 Å². The van der Waals surface area contributed by atoms with E-state index < -0.39 is 7.60 Å². The summed E-state index contributed by atoms with van der Waals surface area (Å²) < 4.78 is 15.6. The van der Waals surface area contributed by atoms with Gasteiger partial charge in [-0.15, -0.1) is 0 Å². The average Bonchev–Trinajstić information content (AvgIpc) is 2.18. The van der Waals surface area contributed by atoms with Crippen molar-refractivity contribution in [1.29, 1.82) is 0 Å². The molecule has 1 rings (SSSR count). The molecule has 0 spiro atoms. The van der Waals surface area contributed by atoms with E-state index in [0.29, 0.717) is 12.0 Å². The quantitative estimate of drug-likeness (QED) is 0.611. The van der Waals surface area contributed by atoms with Gasteiger partial charge in [-0.25, -0.2) is 0 Å². The topological polar surface area (TPSA) is 96.7 Å². The average molecular weight is 245 g/mol. The molecule has 0 aromatic carbocycles. The van der Waals surface area contributed by atoms with Crippen LogP contribution in [0.5, 0.6) is 5.75 Å². The Morgan fingerprint density at radius 3 is 2.75 bits per heavy atom. The number of aromatic hydroxyl groups is 1. The standard InChI is InChI=1S/C9H12NO5P/c1-6-9(12)8(4-11)7(3-10-6)5-15-16(2,13)14/h3-4,12H,5H2,1-2H3,(H,13,14). The molecule has 0 saturated heterocycles.